The summed E-state index contributed by atoms with van der Waals surface area (Å²) in [4.78, 5) is 59.8. The highest BCUT2D eigenvalue weighted by Crippen LogP contribution is 2.59. The number of benzene rings is 4. The van der Waals surface area contributed by atoms with Gasteiger partial charge in [0.25, 0.3) is 11.8 Å². The molecule has 4 aliphatic heterocycles. The molecular weight excluding hydrogens is 590 g/mol. The van der Waals surface area contributed by atoms with E-state index in [4.69, 9.17) is 0 Å². The van der Waals surface area contributed by atoms with Crippen LogP contribution in [0, 0.1) is 37.3 Å². The molecule has 0 unspecified atom stereocenters. The fraction of sp³-hybridized carbons (Fsp3) is 0.222. The first-order valence-corrected chi connectivity index (χ1v) is 15.1. The Balaban J connectivity index is 1.32. The van der Waals surface area contributed by atoms with Gasteiger partial charge in [0.05, 0.1) is 35.3 Å². The number of nitrogens with zero attached hydrogens (tertiary/aromatic N) is 4. The summed E-state index contributed by atoms with van der Waals surface area (Å²) in [5.41, 5.74) is 3.91. The Hall–Kier alpha value is -5.06. The average molecular weight is 619 g/mol. The number of hydrogen-bond acceptors (Lipinski definition) is 6. The van der Waals surface area contributed by atoms with Crippen LogP contribution < -0.4 is 9.80 Å². The summed E-state index contributed by atoms with van der Waals surface area (Å²) < 4.78 is 27.7. The number of halogens is 2. The van der Waals surface area contributed by atoms with Crippen molar-refractivity contribution in [3.8, 4) is 0 Å². The third kappa shape index (κ3) is 3.96. The van der Waals surface area contributed by atoms with Crippen molar-refractivity contribution in [1.82, 2.24) is 10.0 Å². The maximum Gasteiger partial charge on any atom is 0.253 e. The van der Waals surface area contributed by atoms with Crippen LogP contribution in [0.15, 0.2) is 97.1 Å². The molecule has 4 fully saturated rings. The van der Waals surface area contributed by atoms with Crippen LogP contribution in [0.2, 0.25) is 0 Å². The molecule has 4 amide bonds. The molecule has 8 rings (SSSR count). The zero-order chi connectivity index (χ0) is 32.0. The zero-order valence-electron chi connectivity index (χ0n) is 24.9. The number of amides is 4. The van der Waals surface area contributed by atoms with Crippen LogP contribution in [0.3, 0.4) is 0 Å². The van der Waals surface area contributed by atoms with E-state index in [2.05, 4.69) is 0 Å². The smallest absolute Gasteiger partial charge is 0.253 e. The van der Waals surface area contributed by atoms with Gasteiger partial charge >= 0.3 is 0 Å². The second kappa shape index (κ2) is 10.2. The van der Waals surface area contributed by atoms with Crippen molar-refractivity contribution in [2.45, 2.75) is 38.0 Å². The highest BCUT2D eigenvalue weighted by atomic mass is 19.1. The van der Waals surface area contributed by atoms with Gasteiger partial charge in [-0.05, 0) is 73.5 Å². The second-order valence-electron chi connectivity index (χ2n) is 12.4. The van der Waals surface area contributed by atoms with Crippen LogP contribution in [-0.2, 0) is 19.2 Å². The van der Waals surface area contributed by atoms with E-state index in [-0.39, 0.29) is 11.4 Å². The molecular formula is C36H28F2N4O4. The molecule has 4 aliphatic rings. The minimum absolute atomic E-state index is 0.251. The van der Waals surface area contributed by atoms with E-state index in [1.165, 1.54) is 48.5 Å². The van der Waals surface area contributed by atoms with Gasteiger partial charge in [-0.15, -0.1) is 0 Å². The number of carbonyl (C=O) groups excluding carboxylic acids is 4. The number of imide groups is 2. The minimum Gasteiger partial charge on any atom is -0.274 e. The number of anilines is 2. The van der Waals surface area contributed by atoms with Gasteiger partial charge in [0, 0.05) is 0 Å². The largest absolute Gasteiger partial charge is 0.274 e. The Morgan fingerprint density at radius 1 is 0.435 bits per heavy atom. The van der Waals surface area contributed by atoms with Crippen LogP contribution in [-0.4, -0.2) is 45.7 Å². The van der Waals surface area contributed by atoms with E-state index >= 15 is 0 Å². The number of rotatable bonds is 4. The van der Waals surface area contributed by atoms with E-state index < -0.39 is 71.3 Å². The number of hydrazine groups is 1. The normalized spacial score (nSPS) is 27.5. The molecule has 46 heavy (non-hydrogen) atoms. The van der Waals surface area contributed by atoms with Crippen LogP contribution in [0.5, 0.6) is 0 Å². The SMILES string of the molecule is Cc1ccc([C@H]2[C@H]3C(=O)N(c4ccc(F)cc4)C(=O)[C@@H]3N3[C@@H](c4ccc(C)cc4)[C@H]4C(=O)N(c5ccc(F)cc5)C(=O)[C@H]4N23)cc1. The number of aryl methyl sites for hydroxylation is 2. The Labute approximate surface area is 263 Å². The van der Waals surface area contributed by atoms with Gasteiger partial charge in [0.2, 0.25) is 11.8 Å². The first-order chi connectivity index (χ1) is 22.2. The topological polar surface area (TPSA) is 81.2 Å². The molecule has 6 atom stereocenters. The molecule has 230 valence electrons. The summed E-state index contributed by atoms with van der Waals surface area (Å²) in [5.74, 6) is -4.78. The first kappa shape index (κ1) is 28.4. The molecule has 0 N–H and O–H groups in total. The Morgan fingerprint density at radius 3 is 1.09 bits per heavy atom. The predicted octanol–water partition coefficient (Wildman–Crippen LogP) is 5.03. The molecule has 4 heterocycles. The van der Waals surface area contributed by atoms with Crippen molar-refractivity contribution in [3.63, 3.8) is 0 Å². The van der Waals surface area contributed by atoms with Gasteiger partial charge in [-0.2, -0.15) is 0 Å². The number of fused-ring (bicyclic) bond motifs is 5. The highest BCUT2D eigenvalue weighted by molar-refractivity contribution is 6.26. The van der Waals surface area contributed by atoms with Gasteiger partial charge in [-0.25, -0.2) is 28.6 Å². The molecule has 10 heteroatoms. The van der Waals surface area contributed by atoms with E-state index in [1.807, 2.05) is 62.4 Å². The maximum atomic E-state index is 14.4. The summed E-state index contributed by atoms with van der Waals surface area (Å²) in [5, 5.41) is 3.58. The molecule has 4 saturated heterocycles. The standard InChI is InChI=1S/C36H28F2N4O4/c1-19-3-7-21(8-4-19)29-27-31(35(45)39(33(27)43)25-15-11-23(37)12-16-25)42-30(22-9-5-20(2)6-10-22)28-32(41(29)42)36(46)40(34(28)44)26-17-13-24(38)14-18-26/h3-18,27-32H,1-2H3/t27-,28-,29+,30+,31-,32+/m1/s1. The first-order valence-electron chi connectivity index (χ1n) is 15.1. The van der Waals surface area contributed by atoms with Crippen molar-refractivity contribution in [1.29, 1.82) is 0 Å². The highest BCUT2D eigenvalue weighted by Gasteiger charge is 2.73. The molecule has 0 radical (unpaired) electrons. The summed E-state index contributed by atoms with van der Waals surface area (Å²) in [6, 6.07) is 22.0. The predicted molar refractivity (Wildman–Crippen MR) is 164 cm³/mol. The zero-order valence-corrected chi connectivity index (χ0v) is 24.9. The summed E-state index contributed by atoms with van der Waals surface area (Å²) >= 11 is 0. The third-order valence-corrected chi connectivity index (χ3v) is 9.73. The van der Waals surface area contributed by atoms with Gasteiger partial charge in [-0.3, -0.25) is 19.2 Å². The van der Waals surface area contributed by atoms with E-state index in [0.29, 0.717) is 11.1 Å². The van der Waals surface area contributed by atoms with Crippen molar-refractivity contribution < 1.29 is 28.0 Å². The minimum atomic E-state index is -1.03. The Bertz CT molecular complexity index is 1770. The maximum absolute atomic E-state index is 14.4. The molecule has 0 bridgehead atoms. The summed E-state index contributed by atoms with van der Waals surface area (Å²) in [6.45, 7) is 3.88. The number of hydrogen-bond donors (Lipinski definition) is 0. The molecule has 0 aromatic heterocycles. The van der Waals surface area contributed by atoms with Gasteiger partial charge in [-0.1, -0.05) is 59.7 Å². The van der Waals surface area contributed by atoms with Crippen LogP contribution >= 0.6 is 0 Å². The third-order valence-electron chi connectivity index (χ3n) is 9.73. The molecule has 8 nitrogen and oxygen atoms in total. The fourth-order valence-corrected chi connectivity index (χ4v) is 7.71. The van der Waals surface area contributed by atoms with Crippen LogP contribution in [0.1, 0.15) is 34.3 Å². The van der Waals surface area contributed by atoms with E-state index in [0.717, 1.165) is 20.9 Å². The molecule has 4 aromatic rings. The lowest BCUT2D eigenvalue weighted by molar-refractivity contribution is -0.136. The fourth-order valence-electron chi connectivity index (χ4n) is 7.71. The van der Waals surface area contributed by atoms with Crippen molar-refractivity contribution in [2.24, 2.45) is 11.8 Å². The average Bonchev–Trinajstić information content (AvgIpc) is 3.71. The molecule has 4 aromatic carbocycles. The number of carbonyl (C=O) groups is 4. The van der Waals surface area contributed by atoms with Gasteiger partial charge in [0.15, 0.2) is 0 Å². The van der Waals surface area contributed by atoms with Crippen molar-refractivity contribution in [3.05, 3.63) is 131 Å². The van der Waals surface area contributed by atoms with E-state index in [9.17, 15) is 28.0 Å². The van der Waals surface area contributed by atoms with E-state index in [1.54, 1.807) is 10.0 Å². The van der Waals surface area contributed by atoms with Gasteiger partial charge in [0.1, 0.15) is 23.7 Å². The second-order valence-corrected chi connectivity index (χ2v) is 12.4. The monoisotopic (exact) mass is 618 g/mol. The lowest BCUT2D eigenvalue weighted by Crippen LogP contribution is -2.50. The van der Waals surface area contributed by atoms with Crippen molar-refractivity contribution in [2.75, 3.05) is 9.80 Å². The molecule has 0 spiro atoms. The summed E-state index contributed by atoms with van der Waals surface area (Å²) in [6.07, 6.45) is 0. The Kier molecular flexibility index (Phi) is 6.32. The van der Waals surface area contributed by atoms with Crippen LogP contribution in [0.25, 0.3) is 0 Å². The van der Waals surface area contributed by atoms with Gasteiger partial charge < -0.3 is 0 Å². The quantitative estimate of drug-likeness (QED) is 0.299. The van der Waals surface area contributed by atoms with Crippen LogP contribution in [0.4, 0.5) is 20.2 Å². The summed E-state index contributed by atoms with van der Waals surface area (Å²) in [7, 11) is 0. The lowest BCUT2D eigenvalue weighted by Gasteiger charge is -2.35. The van der Waals surface area contributed by atoms with Crippen molar-refractivity contribution >= 4 is 35.0 Å². The molecule has 0 saturated carbocycles. The Morgan fingerprint density at radius 2 is 0.761 bits per heavy atom. The molecule has 0 aliphatic carbocycles. The lowest BCUT2D eigenvalue weighted by atomic mass is 9.84.